The smallest absolute Gasteiger partial charge is 0.242 e. The first-order chi connectivity index (χ1) is 9.47. The fourth-order valence-corrected chi connectivity index (χ4v) is 2.81. The summed E-state index contributed by atoms with van der Waals surface area (Å²) in [6, 6.07) is 6.78. The average molecular weight is 301 g/mol. The number of likely N-dealkylation sites (N-methyl/N-ethyl adjacent to an activating group) is 1. The largest absolute Gasteiger partial charge is 0.387 e. The molecule has 0 spiro atoms. The Morgan fingerprint density at radius 3 is 2.55 bits per heavy atom. The van der Waals surface area contributed by atoms with Gasteiger partial charge in [-0.25, -0.2) is 13.1 Å². The van der Waals surface area contributed by atoms with Crippen molar-refractivity contribution in [3.63, 3.8) is 0 Å². The lowest BCUT2D eigenvalue weighted by atomic mass is 10.3. The summed E-state index contributed by atoms with van der Waals surface area (Å²) in [7, 11) is 2.10. The molecule has 0 radical (unpaired) electrons. The molecule has 2 N–H and O–H groups in total. The van der Waals surface area contributed by atoms with Gasteiger partial charge in [0.25, 0.3) is 0 Å². The SMILES string of the molecule is CNc1ccccc1S(=O)(=O)NCCOCCN(C)C. The molecular formula is C13H23N3O3S. The minimum Gasteiger partial charge on any atom is -0.387 e. The van der Waals surface area contributed by atoms with Crippen LogP contribution in [0.1, 0.15) is 0 Å². The van der Waals surface area contributed by atoms with Gasteiger partial charge in [-0.2, -0.15) is 0 Å². The zero-order chi connectivity index (χ0) is 15.0. The second-order valence-corrected chi connectivity index (χ2v) is 6.29. The maximum atomic E-state index is 12.1. The number of nitrogens with one attached hydrogen (secondary N) is 2. The molecular weight excluding hydrogens is 278 g/mol. The second-order valence-electron chi connectivity index (χ2n) is 4.56. The van der Waals surface area contributed by atoms with E-state index in [9.17, 15) is 8.42 Å². The number of hydrogen-bond donors (Lipinski definition) is 2. The predicted octanol–water partition coefficient (Wildman–Crippen LogP) is 0.585. The highest BCUT2D eigenvalue weighted by atomic mass is 32.2. The van der Waals surface area contributed by atoms with Crippen molar-refractivity contribution in [2.75, 3.05) is 52.8 Å². The number of nitrogens with zero attached hydrogens (tertiary/aromatic N) is 1. The molecule has 0 atom stereocenters. The van der Waals surface area contributed by atoms with E-state index < -0.39 is 10.0 Å². The lowest BCUT2D eigenvalue weighted by Gasteiger charge is -2.12. The summed E-state index contributed by atoms with van der Waals surface area (Å²) in [6.07, 6.45) is 0. The normalized spacial score (nSPS) is 11.8. The van der Waals surface area contributed by atoms with E-state index >= 15 is 0 Å². The molecule has 1 rings (SSSR count). The molecule has 7 heteroatoms. The molecule has 0 amide bonds. The van der Waals surface area contributed by atoms with Gasteiger partial charge in [-0.05, 0) is 26.2 Å². The van der Waals surface area contributed by atoms with Gasteiger partial charge in [0.15, 0.2) is 0 Å². The van der Waals surface area contributed by atoms with Crippen LogP contribution >= 0.6 is 0 Å². The highest BCUT2D eigenvalue weighted by Gasteiger charge is 2.16. The third-order valence-corrected chi connectivity index (χ3v) is 4.19. The number of para-hydroxylation sites is 1. The number of sulfonamides is 1. The zero-order valence-electron chi connectivity index (χ0n) is 12.2. The van der Waals surface area contributed by atoms with Crippen LogP contribution in [-0.4, -0.2) is 60.8 Å². The van der Waals surface area contributed by atoms with Crippen molar-refractivity contribution >= 4 is 15.7 Å². The van der Waals surface area contributed by atoms with Crippen molar-refractivity contribution in [2.24, 2.45) is 0 Å². The van der Waals surface area contributed by atoms with Crippen molar-refractivity contribution in [1.29, 1.82) is 0 Å². The standard InChI is InChI=1S/C13H23N3O3S/c1-14-12-6-4-5-7-13(12)20(17,18)15-8-10-19-11-9-16(2)3/h4-7,14-15H,8-11H2,1-3H3. The van der Waals surface area contributed by atoms with Gasteiger partial charge in [-0.15, -0.1) is 0 Å². The third kappa shape index (κ3) is 5.46. The monoisotopic (exact) mass is 301 g/mol. The Kier molecular flexibility index (Phi) is 6.94. The quantitative estimate of drug-likeness (QED) is 0.653. The molecule has 20 heavy (non-hydrogen) atoms. The highest BCUT2D eigenvalue weighted by molar-refractivity contribution is 7.89. The first kappa shape index (κ1) is 16.9. The average Bonchev–Trinajstić information content (AvgIpc) is 2.42. The summed E-state index contributed by atoms with van der Waals surface area (Å²) in [6.45, 7) is 2.01. The first-order valence-electron chi connectivity index (χ1n) is 6.46. The van der Waals surface area contributed by atoms with Gasteiger partial charge in [0.05, 0.1) is 18.9 Å². The zero-order valence-corrected chi connectivity index (χ0v) is 13.0. The van der Waals surface area contributed by atoms with Crippen LogP contribution < -0.4 is 10.0 Å². The van der Waals surface area contributed by atoms with Crippen LogP contribution in [0.2, 0.25) is 0 Å². The van der Waals surface area contributed by atoms with Crippen LogP contribution in [0.4, 0.5) is 5.69 Å². The van der Waals surface area contributed by atoms with E-state index in [4.69, 9.17) is 4.74 Å². The molecule has 0 unspecified atom stereocenters. The number of benzene rings is 1. The Labute approximate surface area is 121 Å². The number of hydrogen-bond acceptors (Lipinski definition) is 5. The lowest BCUT2D eigenvalue weighted by molar-refractivity contribution is 0.122. The molecule has 0 saturated carbocycles. The van der Waals surface area contributed by atoms with Gasteiger partial charge in [0.1, 0.15) is 4.90 Å². The number of ether oxygens (including phenoxy) is 1. The predicted molar refractivity (Wildman–Crippen MR) is 80.6 cm³/mol. The Hall–Kier alpha value is -1.15. The van der Waals surface area contributed by atoms with E-state index in [1.54, 1.807) is 31.3 Å². The fraction of sp³-hybridized carbons (Fsp3) is 0.538. The lowest BCUT2D eigenvalue weighted by Crippen LogP contribution is -2.29. The minimum absolute atomic E-state index is 0.246. The molecule has 1 aromatic carbocycles. The van der Waals surface area contributed by atoms with Crippen LogP contribution in [0.3, 0.4) is 0 Å². The van der Waals surface area contributed by atoms with Crippen molar-refractivity contribution in [2.45, 2.75) is 4.90 Å². The molecule has 6 nitrogen and oxygen atoms in total. The molecule has 0 saturated heterocycles. The summed E-state index contributed by atoms with van der Waals surface area (Å²) in [4.78, 5) is 2.25. The van der Waals surface area contributed by atoms with E-state index in [2.05, 4.69) is 10.0 Å². The molecule has 0 aliphatic carbocycles. The van der Waals surface area contributed by atoms with Gasteiger partial charge in [-0.1, -0.05) is 12.1 Å². The second kappa shape index (κ2) is 8.21. The van der Waals surface area contributed by atoms with Gasteiger partial charge in [0.2, 0.25) is 10.0 Å². The van der Waals surface area contributed by atoms with Crippen molar-refractivity contribution in [3.8, 4) is 0 Å². The van der Waals surface area contributed by atoms with Crippen molar-refractivity contribution < 1.29 is 13.2 Å². The molecule has 1 aromatic rings. The van der Waals surface area contributed by atoms with Crippen molar-refractivity contribution in [1.82, 2.24) is 9.62 Å². The minimum atomic E-state index is -3.51. The molecule has 0 heterocycles. The van der Waals surface area contributed by atoms with E-state index in [1.807, 2.05) is 19.0 Å². The van der Waals surface area contributed by atoms with E-state index in [0.717, 1.165) is 6.54 Å². The molecule has 0 aliphatic heterocycles. The summed E-state index contributed by atoms with van der Waals surface area (Å²) in [5.74, 6) is 0. The molecule has 0 aliphatic rings. The van der Waals surface area contributed by atoms with Crippen LogP contribution in [0.5, 0.6) is 0 Å². The maximum Gasteiger partial charge on any atom is 0.242 e. The van der Waals surface area contributed by atoms with Gasteiger partial charge in [-0.3, -0.25) is 0 Å². The molecule has 0 bridgehead atoms. The Balaban J connectivity index is 2.46. The molecule has 114 valence electrons. The Morgan fingerprint density at radius 2 is 1.90 bits per heavy atom. The maximum absolute atomic E-state index is 12.1. The summed E-state index contributed by atoms with van der Waals surface area (Å²) in [5, 5.41) is 2.87. The molecule has 0 fully saturated rings. The third-order valence-electron chi connectivity index (χ3n) is 2.67. The van der Waals surface area contributed by atoms with Crippen LogP contribution in [0.15, 0.2) is 29.2 Å². The van der Waals surface area contributed by atoms with Gasteiger partial charge < -0.3 is 15.0 Å². The fourth-order valence-electron chi connectivity index (χ4n) is 1.58. The number of anilines is 1. The Bertz CT molecular complexity index is 503. The highest BCUT2D eigenvalue weighted by Crippen LogP contribution is 2.19. The van der Waals surface area contributed by atoms with Crippen LogP contribution in [0.25, 0.3) is 0 Å². The number of rotatable bonds is 9. The topological polar surface area (TPSA) is 70.7 Å². The van der Waals surface area contributed by atoms with Crippen LogP contribution in [0, 0.1) is 0 Å². The van der Waals surface area contributed by atoms with Gasteiger partial charge >= 0.3 is 0 Å². The summed E-state index contributed by atoms with van der Waals surface area (Å²) < 4.78 is 32.2. The summed E-state index contributed by atoms with van der Waals surface area (Å²) >= 11 is 0. The van der Waals surface area contributed by atoms with E-state index in [0.29, 0.717) is 18.9 Å². The van der Waals surface area contributed by atoms with Crippen LogP contribution in [-0.2, 0) is 14.8 Å². The van der Waals surface area contributed by atoms with Gasteiger partial charge in [0, 0.05) is 20.1 Å². The van der Waals surface area contributed by atoms with E-state index in [1.165, 1.54) is 0 Å². The summed E-state index contributed by atoms with van der Waals surface area (Å²) in [5.41, 5.74) is 0.577. The molecule has 0 aromatic heterocycles. The van der Waals surface area contributed by atoms with Crippen molar-refractivity contribution in [3.05, 3.63) is 24.3 Å². The first-order valence-corrected chi connectivity index (χ1v) is 7.94. The van der Waals surface area contributed by atoms with E-state index in [-0.39, 0.29) is 11.4 Å². The Morgan fingerprint density at radius 1 is 1.20 bits per heavy atom.